The standard InChI is InChI=1S/C21H22N4O4/c1-27-16-6-8-17(9-7-16)28-13-19-23-20(29-24-19)12-25-11-15-5-3-2-4-14(15)10-18(25)21(22)26/h2-9,18H,10-13H2,1H3,(H2,22,26). The number of primary amides is 1. The Bertz CT molecular complexity index is 986. The number of amides is 1. The number of aromatic nitrogens is 2. The van der Waals surface area contributed by atoms with Gasteiger partial charge in [-0.2, -0.15) is 4.98 Å². The minimum atomic E-state index is -0.407. The van der Waals surface area contributed by atoms with Crippen LogP contribution in [0.2, 0.25) is 0 Å². The third kappa shape index (κ3) is 4.38. The molecule has 0 spiro atoms. The van der Waals surface area contributed by atoms with Gasteiger partial charge in [-0.15, -0.1) is 0 Å². The first-order valence-corrected chi connectivity index (χ1v) is 9.31. The molecule has 0 aliphatic carbocycles. The molecule has 1 atom stereocenters. The Morgan fingerprint density at radius 3 is 2.62 bits per heavy atom. The van der Waals surface area contributed by atoms with E-state index in [1.54, 1.807) is 7.11 Å². The summed E-state index contributed by atoms with van der Waals surface area (Å²) in [4.78, 5) is 18.3. The fraction of sp³-hybridized carbons (Fsp3) is 0.286. The summed E-state index contributed by atoms with van der Waals surface area (Å²) < 4.78 is 16.1. The minimum absolute atomic E-state index is 0.178. The van der Waals surface area contributed by atoms with E-state index >= 15 is 0 Å². The fourth-order valence-corrected chi connectivity index (χ4v) is 3.43. The van der Waals surface area contributed by atoms with Gasteiger partial charge in [-0.3, -0.25) is 9.69 Å². The molecule has 0 fully saturated rings. The molecule has 2 heterocycles. The maximum Gasteiger partial charge on any atom is 0.240 e. The summed E-state index contributed by atoms with van der Waals surface area (Å²) in [5.41, 5.74) is 7.95. The number of fused-ring (bicyclic) bond motifs is 1. The summed E-state index contributed by atoms with van der Waals surface area (Å²) in [7, 11) is 1.61. The van der Waals surface area contributed by atoms with Crippen molar-refractivity contribution >= 4 is 5.91 Å². The van der Waals surface area contributed by atoms with E-state index in [-0.39, 0.29) is 12.5 Å². The first-order chi connectivity index (χ1) is 14.1. The second-order valence-electron chi connectivity index (χ2n) is 6.86. The number of benzene rings is 2. The SMILES string of the molecule is COc1ccc(OCc2noc(CN3Cc4ccccc4CC3C(N)=O)n2)cc1. The lowest BCUT2D eigenvalue weighted by atomic mass is 9.93. The lowest BCUT2D eigenvalue weighted by Gasteiger charge is -2.33. The van der Waals surface area contributed by atoms with Gasteiger partial charge in [-0.25, -0.2) is 0 Å². The van der Waals surface area contributed by atoms with Crippen LogP contribution in [0, 0.1) is 0 Å². The third-order valence-electron chi connectivity index (χ3n) is 4.95. The highest BCUT2D eigenvalue weighted by atomic mass is 16.5. The predicted octanol–water partition coefficient (Wildman–Crippen LogP) is 2.07. The molecule has 1 aliphatic rings. The number of ether oxygens (including phenoxy) is 2. The normalized spacial score (nSPS) is 16.2. The molecule has 3 aromatic rings. The highest BCUT2D eigenvalue weighted by Crippen LogP contribution is 2.24. The molecule has 2 aromatic carbocycles. The van der Waals surface area contributed by atoms with Crippen LogP contribution in [0.25, 0.3) is 0 Å². The smallest absolute Gasteiger partial charge is 0.240 e. The van der Waals surface area contributed by atoms with Gasteiger partial charge in [0.1, 0.15) is 11.5 Å². The van der Waals surface area contributed by atoms with Crippen LogP contribution in [0.5, 0.6) is 11.5 Å². The minimum Gasteiger partial charge on any atom is -0.497 e. The highest BCUT2D eigenvalue weighted by molar-refractivity contribution is 5.80. The molecule has 8 heteroatoms. The molecule has 1 unspecified atom stereocenters. The highest BCUT2D eigenvalue weighted by Gasteiger charge is 2.31. The molecule has 0 saturated heterocycles. The van der Waals surface area contributed by atoms with Crippen LogP contribution in [0.4, 0.5) is 0 Å². The largest absolute Gasteiger partial charge is 0.497 e. The summed E-state index contributed by atoms with van der Waals surface area (Å²) in [5, 5.41) is 3.97. The molecule has 150 valence electrons. The molecule has 2 N–H and O–H groups in total. The van der Waals surface area contributed by atoms with Crippen LogP contribution >= 0.6 is 0 Å². The van der Waals surface area contributed by atoms with E-state index in [4.69, 9.17) is 19.7 Å². The van der Waals surface area contributed by atoms with Gasteiger partial charge in [0, 0.05) is 6.54 Å². The van der Waals surface area contributed by atoms with E-state index in [0.717, 1.165) is 11.3 Å². The molecule has 1 aromatic heterocycles. The van der Waals surface area contributed by atoms with E-state index in [9.17, 15) is 4.79 Å². The Kier molecular flexibility index (Phi) is 5.44. The molecular formula is C21H22N4O4. The van der Waals surface area contributed by atoms with Gasteiger partial charge < -0.3 is 19.7 Å². The van der Waals surface area contributed by atoms with Crippen LogP contribution in [0.1, 0.15) is 22.8 Å². The number of nitrogens with two attached hydrogens (primary N) is 1. The van der Waals surface area contributed by atoms with E-state index in [1.165, 1.54) is 5.56 Å². The molecule has 0 saturated carbocycles. The molecule has 4 rings (SSSR count). The number of rotatable bonds is 7. The maximum atomic E-state index is 12.0. The Morgan fingerprint density at radius 1 is 1.17 bits per heavy atom. The monoisotopic (exact) mass is 394 g/mol. The number of carbonyl (C=O) groups is 1. The lowest BCUT2D eigenvalue weighted by molar-refractivity contribution is -0.124. The van der Waals surface area contributed by atoms with Crippen LogP contribution in [0.3, 0.4) is 0 Å². The van der Waals surface area contributed by atoms with E-state index in [0.29, 0.717) is 37.0 Å². The average molecular weight is 394 g/mol. The predicted molar refractivity (Wildman–Crippen MR) is 104 cm³/mol. The first-order valence-electron chi connectivity index (χ1n) is 9.31. The molecular weight excluding hydrogens is 372 g/mol. The van der Waals surface area contributed by atoms with Crippen molar-refractivity contribution in [3.8, 4) is 11.5 Å². The second-order valence-corrected chi connectivity index (χ2v) is 6.86. The molecule has 1 amide bonds. The lowest BCUT2D eigenvalue weighted by Crippen LogP contribution is -2.48. The Morgan fingerprint density at radius 2 is 1.90 bits per heavy atom. The molecule has 8 nitrogen and oxygen atoms in total. The van der Waals surface area contributed by atoms with Crippen molar-refractivity contribution in [1.82, 2.24) is 15.0 Å². The molecule has 0 radical (unpaired) electrons. The number of hydrogen-bond donors (Lipinski definition) is 1. The topological polar surface area (TPSA) is 104 Å². The number of methoxy groups -OCH3 is 1. The van der Waals surface area contributed by atoms with Crippen LogP contribution < -0.4 is 15.2 Å². The van der Waals surface area contributed by atoms with Gasteiger partial charge in [0.25, 0.3) is 0 Å². The van der Waals surface area contributed by atoms with E-state index in [2.05, 4.69) is 16.2 Å². The first kappa shape index (κ1) is 18.9. The van der Waals surface area contributed by atoms with Crippen molar-refractivity contribution in [2.45, 2.75) is 32.2 Å². The molecule has 0 bridgehead atoms. The van der Waals surface area contributed by atoms with E-state index < -0.39 is 6.04 Å². The molecule has 29 heavy (non-hydrogen) atoms. The van der Waals surface area contributed by atoms with Gasteiger partial charge in [-0.05, 0) is 41.8 Å². The van der Waals surface area contributed by atoms with Gasteiger partial charge in [-0.1, -0.05) is 29.4 Å². The quantitative estimate of drug-likeness (QED) is 0.654. The fourth-order valence-electron chi connectivity index (χ4n) is 3.43. The zero-order chi connectivity index (χ0) is 20.2. The Balaban J connectivity index is 1.40. The van der Waals surface area contributed by atoms with E-state index in [1.807, 2.05) is 47.4 Å². The van der Waals surface area contributed by atoms with Crippen molar-refractivity contribution in [1.29, 1.82) is 0 Å². The molecule has 1 aliphatic heterocycles. The number of carbonyl (C=O) groups excluding carboxylic acids is 1. The Hall–Kier alpha value is -3.39. The van der Waals surface area contributed by atoms with Crippen molar-refractivity contribution in [3.63, 3.8) is 0 Å². The van der Waals surface area contributed by atoms with Crippen molar-refractivity contribution in [3.05, 3.63) is 71.4 Å². The zero-order valence-electron chi connectivity index (χ0n) is 16.1. The maximum absolute atomic E-state index is 12.0. The average Bonchev–Trinajstić information content (AvgIpc) is 3.19. The van der Waals surface area contributed by atoms with Crippen LogP contribution in [-0.4, -0.2) is 34.1 Å². The summed E-state index contributed by atoms with van der Waals surface area (Å²) in [5.74, 6) is 1.93. The van der Waals surface area contributed by atoms with Crippen molar-refractivity contribution in [2.75, 3.05) is 7.11 Å². The summed E-state index contributed by atoms with van der Waals surface area (Å²) in [6.45, 7) is 1.12. The van der Waals surface area contributed by atoms with Gasteiger partial charge >= 0.3 is 0 Å². The van der Waals surface area contributed by atoms with Crippen molar-refractivity contribution < 1.29 is 18.8 Å². The van der Waals surface area contributed by atoms with Gasteiger partial charge in [0.05, 0.1) is 19.7 Å². The zero-order valence-corrected chi connectivity index (χ0v) is 16.1. The van der Waals surface area contributed by atoms with Crippen molar-refractivity contribution in [2.24, 2.45) is 5.73 Å². The second kappa shape index (κ2) is 8.32. The van der Waals surface area contributed by atoms with Crippen LogP contribution in [-0.2, 0) is 30.9 Å². The van der Waals surface area contributed by atoms with Crippen LogP contribution in [0.15, 0.2) is 53.1 Å². The number of hydrogen-bond acceptors (Lipinski definition) is 7. The third-order valence-corrected chi connectivity index (χ3v) is 4.95. The summed E-state index contributed by atoms with van der Waals surface area (Å²) in [6, 6.07) is 14.9. The number of nitrogens with zero attached hydrogens (tertiary/aromatic N) is 3. The van der Waals surface area contributed by atoms with Gasteiger partial charge in [0.2, 0.25) is 17.6 Å². The Labute approximate surface area is 168 Å². The van der Waals surface area contributed by atoms with Gasteiger partial charge in [0.15, 0.2) is 6.61 Å². The summed E-state index contributed by atoms with van der Waals surface area (Å²) in [6.07, 6.45) is 0.576. The summed E-state index contributed by atoms with van der Waals surface area (Å²) >= 11 is 0.